The van der Waals surface area contributed by atoms with Crippen LogP contribution in [0, 0.1) is 13.3 Å². The number of hydrogen-bond donors (Lipinski definition) is 0. The van der Waals surface area contributed by atoms with Crippen LogP contribution >= 0.6 is 0 Å². The number of aromatic nitrogens is 2. The minimum Gasteiger partial charge on any atom is -0.366 e. The maximum absolute atomic E-state index is 4.28. The molecule has 0 aliphatic carbocycles. The first-order valence-electron chi connectivity index (χ1n) is 5.54. The number of rotatable bonds is 1. The Hall–Kier alpha value is -1.12. The number of fused-ring (bicyclic) bond motifs is 1. The molecule has 0 aliphatic heterocycles. The third-order valence-corrected chi connectivity index (χ3v) is 2.79. The van der Waals surface area contributed by atoms with E-state index in [9.17, 15) is 0 Å². The molecule has 0 atom stereocenters. The van der Waals surface area contributed by atoms with E-state index in [0.29, 0.717) is 0 Å². The predicted molar refractivity (Wildman–Crippen MR) is 68.5 cm³/mol. The Kier molecular flexibility index (Phi) is 4.20. The topological polar surface area (TPSA) is 25.8 Å². The molecule has 3 aromatic rings. The molecule has 85 valence electrons. The molecule has 0 fully saturated rings. The zero-order chi connectivity index (χ0) is 11.7. The van der Waals surface area contributed by atoms with Crippen LogP contribution in [0.3, 0.4) is 0 Å². The van der Waals surface area contributed by atoms with Crippen LogP contribution in [0.15, 0.2) is 48.5 Å². The second-order valence-electron chi connectivity index (χ2n) is 4.06. The van der Waals surface area contributed by atoms with Crippen LogP contribution in [0.1, 0.15) is 5.56 Å². The van der Waals surface area contributed by atoms with Crippen molar-refractivity contribution in [2.24, 2.45) is 0 Å². The molecular formula is C15H11N2Y-. The average Bonchev–Trinajstić information content (AvgIpc) is 2.39. The van der Waals surface area contributed by atoms with Crippen molar-refractivity contribution in [1.29, 1.82) is 0 Å². The van der Waals surface area contributed by atoms with Gasteiger partial charge in [0.1, 0.15) is 0 Å². The van der Waals surface area contributed by atoms with E-state index >= 15 is 0 Å². The largest absolute Gasteiger partial charge is 0.366 e. The fourth-order valence-corrected chi connectivity index (χ4v) is 1.94. The summed E-state index contributed by atoms with van der Waals surface area (Å²) in [6.45, 7) is 2.07. The first-order valence-corrected chi connectivity index (χ1v) is 5.54. The molecule has 1 heterocycles. The summed E-state index contributed by atoms with van der Waals surface area (Å²) in [6.07, 6.45) is 2.72. The molecule has 3 rings (SSSR count). The van der Waals surface area contributed by atoms with E-state index in [1.54, 1.807) is 0 Å². The van der Waals surface area contributed by atoms with Crippen molar-refractivity contribution >= 4 is 10.9 Å². The van der Waals surface area contributed by atoms with Gasteiger partial charge in [-0.1, -0.05) is 65.0 Å². The van der Waals surface area contributed by atoms with Crippen molar-refractivity contribution in [2.75, 3.05) is 0 Å². The Morgan fingerprint density at radius 3 is 2.50 bits per heavy atom. The summed E-state index contributed by atoms with van der Waals surface area (Å²) in [4.78, 5) is 8.45. The predicted octanol–water partition coefficient (Wildman–Crippen LogP) is 3.40. The van der Waals surface area contributed by atoms with E-state index < -0.39 is 0 Å². The van der Waals surface area contributed by atoms with Gasteiger partial charge < -0.3 is 9.97 Å². The molecule has 0 saturated carbocycles. The molecule has 18 heavy (non-hydrogen) atoms. The van der Waals surface area contributed by atoms with E-state index in [1.807, 2.05) is 24.3 Å². The van der Waals surface area contributed by atoms with Crippen molar-refractivity contribution in [1.82, 2.24) is 9.97 Å². The van der Waals surface area contributed by atoms with E-state index in [2.05, 4.69) is 47.5 Å². The molecule has 1 radical (unpaired) electrons. The van der Waals surface area contributed by atoms with Crippen LogP contribution < -0.4 is 0 Å². The maximum atomic E-state index is 4.28. The SMILES string of the molecule is Cc1ccc2n[c-]nc(-c3ccccc3)c2c1.[Y]. The summed E-state index contributed by atoms with van der Waals surface area (Å²) < 4.78 is 0. The van der Waals surface area contributed by atoms with Gasteiger partial charge in [-0.05, 0) is 18.1 Å². The first-order chi connectivity index (χ1) is 8.34. The van der Waals surface area contributed by atoms with Gasteiger partial charge in [-0.25, -0.2) is 0 Å². The van der Waals surface area contributed by atoms with Crippen molar-refractivity contribution in [3.8, 4) is 11.3 Å². The van der Waals surface area contributed by atoms with Gasteiger partial charge in [-0.15, -0.1) is 0 Å². The van der Waals surface area contributed by atoms with Crippen LogP contribution in [-0.4, -0.2) is 9.97 Å². The zero-order valence-electron chi connectivity index (χ0n) is 10.1. The van der Waals surface area contributed by atoms with Gasteiger partial charge in [-0.3, -0.25) is 0 Å². The van der Waals surface area contributed by atoms with Gasteiger partial charge in [0.25, 0.3) is 0 Å². The van der Waals surface area contributed by atoms with Crippen molar-refractivity contribution < 1.29 is 32.7 Å². The van der Waals surface area contributed by atoms with E-state index in [0.717, 1.165) is 22.2 Å². The second-order valence-corrected chi connectivity index (χ2v) is 4.06. The number of nitrogens with zero attached hydrogens (tertiary/aromatic N) is 2. The van der Waals surface area contributed by atoms with E-state index in [4.69, 9.17) is 0 Å². The van der Waals surface area contributed by atoms with Crippen LogP contribution in [0.5, 0.6) is 0 Å². The van der Waals surface area contributed by atoms with Crippen LogP contribution in [-0.2, 0) is 32.7 Å². The molecule has 0 aliphatic rings. The Bertz CT molecular complexity index is 666. The fraction of sp³-hybridized carbons (Fsp3) is 0.0667. The summed E-state index contributed by atoms with van der Waals surface area (Å²) in [5, 5.41) is 1.08. The molecule has 0 N–H and O–H groups in total. The third kappa shape index (κ3) is 2.50. The molecule has 0 spiro atoms. The van der Waals surface area contributed by atoms with Gasteiger partial charge in [-0.2, -0.15) is 0 Å². The van der Waals surface area contributed by atoms with E-state index in [-0.39, 0.29) is 32.7 Å². The molecule has 0 unspecified atom stereocenters. The summed E-state index contributed by atoms with van der Waals surface area (Å²) in [7, 11) is 0. The quantitative estimate of drug-likeness (QED) is 0.644. The van der Waals surface area contributed by atoms with Gasteiger partial charge >= 0.3 is 0 Å². The van der Waals surface area contributed by atoms with Gasteiger partial charge in [0.05, 0.1) is 0 Å². The Morgan fingerprint density at radius 1 is 0.944 bits per heavy atom. The molecule has 0 saturated heterocycles. The summed E-state index contributed by atoms with van der Waals surface area (Å²) in [6, 6.07) is 16.3. The van der Waals surface area contributed by atoms with E-state index in [1.165, 1.54) is 5.56 Å². The monoisotopic (exact) mass is 308 g/mol. The minimum atomic E-state index is 0. The van der Waals surface area contributed by atoms with Crippen molar-refractivity contribution in [2.45, 2.75) is 6.92 Å². The molecule has 3 heteroatoms. The maximum Gasteiger partial charge on any atom is 0.0225 e. The average molecular weight is 308 g/mol. The van der Waals surface area contributed by atoms with Gasteiger partial charge in [0.15, 0.2) is 0 Å². The molecule has 0 bridgehead atoms. The second kappa shape index (κ2) is 5.68. The normalized spacial score (nSPS) is 10.1. The van der Waals surface area contributed by atoms with Crippen LogP contribution in [0.4, 0.5) is 0 Å². The Morgan fingerprint density at radius 2 is 1.72 bits per heavy atom. The van der Waals surface area contributed by atoms with Crippen molar-refractivity contribution in [3.63, 3.8) is 0 Å². The van der Waals surface area contributed by atoms with Crippen LogP contribution in [0.25, 0.3) is 22.2 Å². The Labute approximate surface area is 131 Å². The molecular weight excluding hydrogens is 297 g/mol. The summed E-state index contributed by atoms with van der Waals surface area (Å²) in [5.41, 5.74) is 4.19. The fourth-order valence-electron chi connectivity index (χ4n) is 1.94. The molecule has 2 nitrogen and oxygen atoms in total. The summed E-state index contributed by atoms with van der Waals surface area (Å²) in [5.74, 6) is 0. The Balaban J connectivity index is 0.00000120. The van der Waals surface area contributed by atoms with Crippen LogP contribution in [0.2, 0.25) is 0 Å². The molecule has 2 aromatic carbocycles. The molecule has 0 amide bonds. The number of aryl methyl sites for hydroxylation is 1. The third-order valence-electron chi connectivity index (χ3n) is 2.79. The van der Waals surface area contributed by atoms with Gasteiger partial charge in [0.2, 0.25) is 0 Å². The smallest absolute Gasteiger partial charge is 0.0225 e. The first kappa shape index (κ1) is 13.3. The molecule has 1 aromatic heterocycles. The standard InChI is InChI=1S/C15H11N2.Y/c1-11-7-8-14-13(9-11)15(17-10-16-14)12-5-3-2-4-6-12;/h2-9H,1H3;/q-1;. The number of hydrogen-bond acceptors (Lipinski definition) is 2. The minimum absolute atomic E-state index is 0. The zero-order valence-corrected chi connectivity index (χ0v) is 12.9. The number of benzene rings is 2. The summed E-state index contributed by atoms with van der Waals surface area (Å²) >= 11 is 0. The van der Waals surface area contributed by atoms with Crippen molar-refractivity contribution in [3.05, 3.63) is 60.4 Å². The van der Waals surface area contributed by atoms with Gasteiger partial charge in [0, 0.05) is 39.0 Å².